The van der Waals surface area contributed by atoms with E-state index in [1.807, 2.05) is 31.2 Å². The molecule has 0 bridgehead atoms. The molecule has 0 amide bonds. The molecule has 1 atom stereocenters. The van der Waals surface area contributed by atoms with Gasteiger partial charge in [0.25, 0.3) is 0 Å². The number of benzene rings is 2. The molecule has 0 aliphatic carbocycles. The van der Waals surface area contributed by atoms with Crippen molar-refractivity contribution >= 4 is 0 Å². The number of nitriles is 1. The molecule has 3 rings (SSSR count). The van der Waals surface area contributed by atoms with Crippen molar-refractivity contribution in [3.05, 3.63) is 75.3 Å². The Hall–Kier alpha value is -3.30. The zero-order chi connectivity index (χ0) is 17.3. The van der Waals surface area contributed by atoms with Gasteiger partial charge in [0.15, 0.2) is 0 Å². The lowest BCUT2D eigenvalue weighted by atomic mass is 9.98. The summed E-state index contributed by atoms with van der Waals surface area (Å²) in [7, 11) is 0. The van der Waals surface area contributed by atoms with E-state index in [0.717, 1.165) is 16.7 Å². The number of aliphatic hydroxyl groups is 1. The van der Waals surface area contributed by atoms with Crippen LogP contribution in [0.1, 0.15) is 28.5 Å². The number of rotatable bonds is 3. The minimum Gasteiger partial charge on any atom is -0.493 e. The number of aromatic amines is 2. The summed E-state index contributed by atoms with van der Waals surface area (Å²) in [5.41, 5.74) is 3.42. The molecule has 6 nitrogen and oxygen atoms in total. The van der Waals surface area contributed by atoms with Gasteiger partial charge in [-0.3, -0.25) is 4.98 Å². The first kappa shape index (κ1) is 15.6. The van der Waals surface area contributed by atoms with Crippen molar-refractivity contribution in [3.63, 3.8) is 0 Å². The van der Waals surface area contributed by atoms with Crippen molar-refractivity contribution in [2.24, 2.45) is 0 Å². The summed E-state index contributed by atoms with van der Waals surface area (Å²) >= 11 is 0. The molecule has 1 aromatic heterocycles. The summed E-state index contributed by atoms with van der Waals surface area (Å²) < 4.78 is 0. The van der Waals surface area contributed by atoms with Crippen LogP contribution < -0.4 is 5.69 Å². The fraction of sp³-hybridized carbons (Fsp3) is 0.111. The number of hydrogen-bond donors (Lipinski definition) is 4. The van der Waals surface area contributed by atoms with E-state index in [1.165, 1.54) is 0 Å². The van der Waals surface area contributed by atoms with Gasteiger partial charge in [-0.2, -0.15) is 5.26 Å². The first-order chi connectivity index (χ1) is 11.5. The number of nitrogens with one attached hydrogen (secondary N) is 2. The summed E-state index contributed by atoms with van der Waals surface area (Å²) in [6, 6.07) is 14.8. The summed E-state index contributed by atoms with van der Waals surface area (Å²) in [5.74, 6) is -0.376. The van der Waals surface area contributed by atoms with Crippen LogP contribution in [0.4, 0.5) is 0 Å². The molecule has 24 heavy (non-hydrogen) atoms. The van der Waals surface area contributed by atoms with Gasteiger partial charge < -0.3 is 15.2 Å². The van der Waals surface area contributed by atoms with Crippen LogP contribution in [-0.2, 0) is 0 Å². The average Bonchev–Trinajstić information content (AvgIpc) is 2.92. The molecule has 1 heterocycles. The number of imidazole rings is 1. The lowest BCUT2D eigenvalue weighted by Gasteiger charge is -2.11. The number of aromatic hydroxyl groups is 1. The SMILES string of the molecule is Cc1cc(-c2ccc(C(O)c3[nH]c(=O)[nH]c3O)cc2)ccc1C#N. The second-order valence-electron chi connectivity index (χ2n) is 5.51. The molecule has 2 aromatic carbocycles. The van der Waals surface area contributed by atoms with Crippen molar-refractivity contribution in [2.45, 2.75) is 13.0 Å². The third-order valence-corrected chi connectivity index (χ3v) is 3.92. The molecule has 0 aliphatic rings. The molecule has 0 saturated heterocycles. The van der Waals surface area contributed by atoms with E-state index in [1.54, 1.807) is 18.2 Å². The average molecular weight is 321 g/mol. The summed E-state index contributed by atoms with van der Waals surface area (Å²) in [6.45, 7) is 1.88. The fourth-order valence-electron chi connectivity index (χ4n) is 2.58. The first-order valence-corrected chi connectivity index (χ1v) is 7.30. The Kier molecular flexibility index (Phi) is 3.94. The Morgan fingerprint density at radius 3 is 2.29 bits per heavy atom. The van der Waals surface area contributed by atoms with Gasteiger partial charge in [0.2, 0.25) is 5.88 Å². The second kappa shape index (κ2) is 6.07. The highest BCUT2D eigenvalue weighted by Crippen LogP contribution is 2.28. The Morgan fingerprint density at radius 2 is 1.75 bits per heavy atom. The number of aromatic nitrogens is 2. The van der Waals surface area contributed by atoms with Crippen molar-refractivity contribution in [3.8, 4) is 23.1 Å². The molecular weight excluding hydrogens is 306 g/mol. The van der Waals surface area contributed by atoms with Gasteiger partial charge in [-0.1, -0.05) is 36.4 Å². The van der Waals surface area contributed by atoms with E-state index in [0.29, 0.717) is 11.1 Å². The fourth-order valence-corrected chi connectivity index (χ4v) is 2.58. The summed E-state index contributed by atoms with van der Waals surface area (Å²) in [6.07, 6.45) is -1.14. The number of aryl methyl sites for hydroxylation is 1. The molecule has 4 N–H and O–H groups in total. The maximum Gasteiger partial charge on any atom is 0.326 e. The molecule has 1 unspecified atom stereocenters. The van der Waals surface area contributed by atoms with E-state index < -0.39 is 11.8 Å². The molecule has 3 aromatic rings. The summed E-state index contributed by atoms with van der Waals surface area (Å²) in [4.78, 5) is 15.7. The van der Waals surface area contributed by atoms with Crippen molar-refractivity contribution in [1.29, 1.82) is 5.26 Å². The van der Waals surface area contributed by atoms with Crippen LogP contribution in [0.25, 0.3) is 11.1 Å². The lowest BCUT2D eigenvalue weighted by Crippen LogP contribution is -2.05. The number of aliphatic hydroxyl groups excluding tert-OH is 1. The van der Waals surface area contributed by atoms with E-state index >= 15 is 0 Å². The predicted molar refractivity (Wildman–Crippen MR) is 88.5 cm³/mol. The zero-order valence-corrected chi connectivity index (χ0v) is 12.9. The number of nitrogens with zero attached hydrogens (tertiary/aromatic N) is 1. The van der Waals surface area contributed by atoms with E-state index in [9.17, 15) is 15.0 Å². The minimum atomic E-state index is -1.14. The monoisotopic (exact) mass is 321 g/mol. The van der Waals surface area contributed by atoms with Crippen LogP contribution in [0.3, 0.4) is 0 Å². The van der Waals surface area contributed by atoms with Crippen LogP contribution in [0.15, 0.2) is 47.3 Å². The van der Waals surface area contributed by atoms with Crippen molar-refractivity contribution in [1.82, 2.24) is 9.97 Å². The second-order valence-corrected chi connectivity index (χ2v) is 5.51. The predicted octanol–water partition coefficient (Wildman–Crippen LogP) is 2.34. The zero-order valence-electron chi connectivity index (χ0n) is 12.9. The Bertz CT molecular complexity index is 978. The molecule has 0 saturated carbocycles. The number of hydrogen-bond acceptors (Lipinski definition) is 4. The maximum atomic E-state index is 11.2. The van der Waals surface area contributed by atoms with E-state index in [-0.39, 0.29) is 11.6 Å². The molecule has 120 valence electrons. The molecular formula is C18H15N3O3. The highest BCUT2D eigenvalue weighted by atomic mass is 16.3. The topological polar surface area (TPSA) is 113 Å². The van der Waals surface area contributed by atoms with Gasteiger partial charge in [0.1, 0.15) is 11.8 Å². The molecule has 0 fully saturated rings. The first-order valence-electron chi connectivity index (χ1n) is 7.30. The standard InChI is InChI=1S/C18H15N3O3/c1-10-8-13(6-7-14(10)9-19)11-2-4-12(5-3-11)16(22)15-17(23)21-18(24)20-15/h2-8,16,22-23H,1H3,(H2,20,21,24). The van der Waals surface area contributed by atoms with Crippen molar-refractivity contribution < 1.29 is 10.2 Å². The van der Waals surface area contributed by atoms with Crippen LogP contribution in [0.5, 0.6) is 5.88 Å². The van der Waals surface area contributed by atoms with Gasteiger partial charge in [-0.25, -0.2) is 4.79 Å². The Balaban J connectivity index is 1.91. The minimum absolute atomic E-state index is 0.0296. The maximum absolute atomic E-state index is 11.2. The smallest absolute Gasteiger partial charge is 0.326 e. The van der Waals surface area contributed by atoms with E-state index in [4.69, 9.17) is 5.26 Å². The highest BCUT2D eigenvalue weighted by Gasteiger charge is 2.17. The normalized spacial score (nSPS) is 11.9. The van der Waals surface area contributed by atoms with Gasteiger partial charge in [0.05, 0.1) is 11.6 Å². The van der Waals surface area contributed by atoms with Gasteiger partial charge >= 0.3 is 5.69 Å². The summed E-state index contributed by atoms with van der Waals surface area (Å²) in [5, 5.41) is 28.9. The quantitative estimate of drug-likeness (QED) is 0.593. The van der Waals surface area contributed by atoms with Gasteiger partial charge in [-0.05, 0) is 35.2 Å². The molecule has 0 spiro atoms. The third kappa shape index (κ3) is 2.81. The number of H-pyrrole nitrogens is 2. The Morgan fingerprint density at radius 1 is 1.08 bits per heavy atom. The Labute approximate surface area is 137 Å². The van der Waals surface area contributed by atoms with Crippen LogP contribution in [-0.4, -0.2) is 20.2 Å². The molecule has 6 heteroatoms. The van der Waals surface area contributed by atoms with Crippen LogP contribution in [0.2, 0.25) is 0 Å². The molecule has 0 aliphatic heterocycles. The molecule has 0 radical (unpaired) electrons. The highest BCUT2D eigenvalue weighted by molar-refractivity contribution is 5.66. The van der Waals surface area contributed by atoms with Gasteiger partial charge in [-0.15, -0.1) is 0 Å². The largest absolute Gasteiger partial charge is 0.493 e. The van der Waals surface area contributed by atoms with Gasteiger partial charge in [0, 0.05) is 0 Å². The lowest BCUT2D eigenvalue weighted by molar-refractivity contribution is 0.210. The van der Waals surface area contributed by atoms with Crippen LogP contribution in [0, 0.1) is 18.3 Å². The van der Waals surface area contributed by atoms with E-state index in [2.05, 4.69) is 16.0 Å². The van der Waals surface area contributed by atoms with Crippen molar-refractivity contribution in [2.75, 3.05) is 0 Å². The van der Waals surface area contributed by atoms with Crippen LogP contribution >= 0.6 is 0 Å². The third-order valence-electron chi connectivity index (χ3n) is 3.92.